The molecule has 4 aromatic rings. The molecule has 0 bridgehead atoms. The van der Waals surface area contributed by atoms with Crippen molar-refractivity contribution in [2.45, 2.75) is 0 Å². The Bertz CT molecular complexity index is 847. The van der Waals surface area contributed by atoms with Crippen molar-refractivity contribution in [3.8, 4) is 11.3 Å². The summed E-state index contributed by atoms with van der Waals surface area (Å²) in [6.45, 7) is 0. The molecule has 2 aromatic carbocycles. The average molecular weight is 251 g/mol. The Kier molecular flexibility index (Phi) is 1.98. The van der Waals surface area contributed by atoms with Gasteiger partial charge in [-0.1, -0.05) is 29.4 Å². The number of hydrogen-bond acceptors (Lipinski definition) is 4. The summed E-state index contributed by atoms with van der Waals surface area (Å²) in [5.74, 6) is 0.785. The molecule has 85 valence electrons. The van der Waals surface area contributed by atoms with Crippen molar-refractivity contribution < 1.29 is 4.52 Å². The molecule has 0 saturated carbocycles. The molecule has 0 aliphatic heterocycles. The molecule has 2 aromatic heterocycles. The Morgan fingerprint density at radius 2 is 2.00 bits per heavy atom. The molecule has 4 rings (SSSR count). The highest BCUT2D eigenvalue weighted by atomic mass is 32.1. The first kappa shape index (κ1) is 9.79. The lowest BCUT2D eigenvalue weighted by molar-refractivity contribution is 0.441. The second kappa shape index (κ2) is 3.65. The van der Waals surface area contributed by atoms with Gasteiger partial charge in [0.05, 0.1) is 4.70 Å². The van der Waals surface area contributed by atoms with Gasteiger partial charge in [0.2, 0.25) is 0 Å². The van der Waals surface area contributed by atoms with Crippen molar-refractivity contribution in [3.63, 3.8) is 0 Å². The average Bonchev–Trinajstić information content (AvgIpc) is 3.05. The van der Waals surface area contributed by atoms with E-state index in [4.69, 9.17) is 4.52 Å². The third-order valence-corrected chi connectivity index (χ3v) is 3.68. The molecule has 0 aliphatic rings. The van der Waals surface area contributed by atoms with Crippen LogP contribution in [0.15, 0.2) is 47.0 Å². The largest absolute Gasteiger partial charge is 0.355 e. The molecule has 18 heavy (non-hydrogen) atoms. The van der Waals surface area contributed by atoms with Crippen LogP contribution in [0.4, 0.5) is 0 Å². The number of fused-ring (bicyclic) bond motifs is 2. The summed E-state index contributed by atoms with van der Waals surface area (Å²) >= 11 is 1.44. The van der Waals surface area contributed by atoms with Gasteiger partial charge in [0.1, 0.15) is 11.7 Å². The zero-order valence-corrected chi connectivity index (χ0v) is 10.1. The maximum atomic E-state index is 5.49. The number of nitrogens with zero attached hydrogens (tertiary/aromatic N) is 2. The van der Waals surface area contributed by atoms with Gasteiger partial charge in [-0.15, -0.1) is 0 Å². The Morgan fingerprint density at radius 1 is 1.06 bits per heavy atom. The van der Waals surface area contributed by atoms with E-state index in [1.807, 2.05) is 42.5 Å². The Hall–Kier alpha value is -2.20. The molecule has 0 unspecified atom stereocenters. The van der Waals surface area contributed by atoms with E-state index in [0.29, 0.717) is 0 Å². The standard InChI is InChI=1S/C14H7N2OS/c1-2-6-12-10(4-1)14(17-16-12)9-5-3-7-13-11(9)8-15-18-13/h1-7H. The molecule has 0 saturated heterocycles. The van der Waals surface area contributed by atoms with Crippen LogP contribution in [0.5, 0.6) is 0 Å². The Morgan fingerprint density at radius 3 is 3.00 bits per heavy atom. The highest BCUT2D eigenvalue weighted by Gasteiger charge is 2.13. The van der Waals surface area contributed by atoms with Crippen molar-refractivity contribution in [3.05, 3.63) is 48.7 Å². The van der Waals surface area contributed by atoms with Crippen molar-refractivity contribution in [1.82, 2.24) is 9.53 Å². The van der Waals surface area contributed by atoms with E-state index in [1.54, 1.807) is 0 Å². The second-order valence-corrected chi connectivity index (χ2v) is 4.81. The fourth-order valence-electron chi connectivity index (χ4n) is 2.11. The smallest absolute Gasteiger partial charge is 0.175 e. The van der Waals surface area contributed by atoms with Crippen LogP contribution >= 0.6 is 11.5 Å². The topological polar surface area (TPSA) is 38.9 Å². The number of rotatable bonds is 1. The summed E-state index contributed by atoms with van der Waals surface area (Å²) in [7, 11) is 0. The van der Waals surface area contributed by atoms with E-state index in [9.17, 15) is 0 Å². The van der Waals surface area contributed by atoms with Gasteiger partial charge >= 0.3 is 0 Å². The Balaban J connectivity index is 2.10. The molecule has 0 fully saturated rings. The molecule has 3 nitrogen and oxygen atoms in total. The van der Waals surface area contributed by atoms with Crippen LogP contribution < -0.4 is 0 Å². The molecular weight excluding hydrogens is 244 g/mol. The number of benzene rings is 2. The van der Waals surface area contributed by atoms with Gasteiger partial charge in [-0.3, -0.25) is 0 Å². The van der Waals surface area contributed by atoms with Gasteiger partial charge < -0.3 is 4.52 Å². The predicted molar refractivity (Wildman–Crippen MR) is 71.5 cm³/mol. The first-order valence-electron chi connectivity index (χ1n) is 5.54. The number of aromatic nitrogens is 2. The van der Waals surface area contributed by atoms with Crippen LogP contribution in [-0.4, -0.2) is 9.53 Å². The monoisotopic (exact) mass is 251 g/mol. The molecule has 2 heterocycles. The minimum absolute atomic E-state index is 0.785. The van der Waals surface area contributed by atoms with E-state index in [0.717, 1.165) is 32.3 Å². The SMILES string of the molecule is [c]1nsc2cccc(-c3onc4ccccc34)c12. The quantitative estimate of drug-likeness (QED) is 0.515. The van der Waals surface area contributed by atoms with Gasteiger partial charge in [0.15, 0.2) is 5.76 Å². The highest BCUT2D eigenvalue weighted by molar-refractivity contribution is 7.13. The third-order valence-electron chi connectivity index (χ3n) is 2.96. The molecule has 0 aliphatic carbocycles. The minimum Gasteiger partial charge on any atom is -0.355 e. The van der Waals surface area contributed by atoms with Crippen LogP contribution in [0.2, 0.25) is 0 Å². The van der Waals surface area contributed by atoms with Gasteiger partial charge in [-0.05, 0) is 29.7 Å². The van der Waals surface area contributed by atoms with Crippen molar-refractivity contribution in [1.29, 1.82) is 0 Å². The van der Waals surface area contributed by atoms with E-state index in [1.165, 1.54) is 11.5 Å². The van der Waals surface area contributed by atoms with Gasteiger partial charge in [0.25, 0.3) is 0 Å². The lowest BCUT2D eigenvalue weighted by Crippen LogP contribution is -1.76. The molecule has 0 atom stereocenters. The maximum absolute atomic E-state index is 5.49. The lowest BCUT2D eigenvalue weighted by atomic mass is 10.1. The number of hydrogen-bond donors (Lipinski definition) is 0. The van der Waals surface area contributed by atoms with Crippen LogP contribution in [0.3, 0.4) is 0 Å². The zero-order chi connectivity index (χ0) is 11.9. The molecule has 0 N–H and O–H groups in total. The summed E-state index contributed by atoms with van der Waals surface area (Å²) in [5.41, 5.74) is 1.86. The third kappa shape index (κ3) is 1.29. The molecule has 4 heteroatoms. The van der Waals surface area contributed by atoms with Gasteiger partial charge in [-0.25, -0.2) is 0 Å². The van der Waals surface area contributed by atoms with Gasteiger partial charge in [-0.2, -0.15) is 4.37 Å². The van der Waals surface area contributed by atoms with Crippen LogP contribution in [0.25, 0.3) is 32.3 Å². The van der Waals surface area contributed by atoms with E-state index < -0.39 is 0 Å². The molecule has 0 amide bonds. The molecular formula is C14H7N2OS. The van der Waals surface area contributed by atoms with Crippen LogP contribution in [0, 0.1) is 6.20 Å². The summed E-state index contributed by atoms with van der Waals surface area (Å²) in [4.78, 5) is 0. The molecule has 1 radical (unpaired) electrons. The summed E-state index contributed by atoms with van der Waals surface area (Å²) < 4.78 is 10.7. The van der Waals surface area contributed by atoms with E-state index >= 15 is 0 Å². The first-order valence-corrected chi connectivity index (χ1v) is 6.32. The highest BCUT2D eigenvalue weighted by Crippen LogP contribution is 2.34. The van der Waals surface area contributed by atoms with Crippen LogP contribution in [0.1, 0.15) is 0 Å². The first-order chi connectivity index (χ1) is 8.93. The van der Waals surface area contributed by atoms with E-state index in [2.05, 4.69) is 15.7 Å². The summed E-state index contributed by atoms with van der Waals surface area (Å²) in [6.07, 6.45) is 3.02. The van der Waals surface area contributed by atoms with Gasteiger partial charge in [0, 0.05) is 16.3 Å². The van der Waals surface area contributed by atoms with Crippen molar-refractivity contribution >= 4 is 32.5 Å². The van der Waals surface area contributed by atoms with E-state index in [-0.39, 0.29) is 0 Å². The fourth-order valence-corrected chi connectivity index (χ4v) is 2.73. The van der Waals surface area contributed by atoms with Crippen LogP contribution in [-0.2, 0) is 0 Å². The summed E-state index contributed by atoms with van der Waals surface area (Å²) in [5, 5.41) is 6.09. The minimum atomic E-state index is 0.785. The van der Waals surface area contributed by atoms with Crippen molar-refractivity contribution in [2.24, 2.45) is 0 Å². The normalized spacial score (nSPS) is 11.3. The predicted octanol–water partition coefficient (Wildman–Crippen LogP) is 3.90. The summed E-state index contributed by atoms with van der Waals surface area (Å²) in [6, 6.07) is 13.9. The maximum Gasteiger partial charge on any atom is 0.175 e. The Labute approximate surface area is 107 Å². The second-order valence-electron chi connectivity index (χ2n) is 4.00. The van der Waals surface area contributed by atoms with Crippen molar-refractivity contribution in [2.75, 3.05) is 0 Å². The molecule has 0 spiro atoms. The zero-order valence-electron chi connectivity index (χ0n) is 9.25. The lowest BCUT2D eigenvalue weighted by Gasteiger charge is -1.97. The fraction of sp³-hybridized carbons (Fsp3) is 0.